The Morgan fingerprint density at radius 1 is 0.538 bits per heavy atom. The molecule has 0 nitrogen and oxygen atoms in total. The van der Waals surface area contributed by atoms with Gasteiger partial charge in [-0.3, -0.25) is 0 Å². The maximum Gasteiger partial charge on any atom is 0.131 e. The number of halogens is 2. The van der Waals surface area contributed by atoms with Crippen molar-refractivity contribution < 1.29 is 8.78 Å². The minimum atomic E-state index is -0.212. The van der Waals surface area contributed by atoms with E-state index in [2.05, 4.69) is 0 Å². The highest BCUT2D eigenvalue weighted by Crippen LogP contribution is 2.30. The van der Waals surface area contributed by atoms with Crippen molar-refractivity contribution in [2.45, 2.75) is 13.8 Å². The highest BCUT2D eigenvalue weighted by molar-refractivity contribution is 5.90. The summed E-state index contributed by atoms with van der Waals surface area (Å²) < 4.78 is 28.1. The summed E-state index contributed by atoms with van der Waals surface area (Å²) in [6.07, 6.45) is 0. The molecule has 0 bridgehead atoms. The van der Waals surface area contributed by atoms with Gasteiger partial charge in [-0.15, -0.1) is 0 Å². The average molecular weight is 344 g/mol. The first-order chi connectivity index (χ1) is 12.5. The van der Waals surface area contributed by atoms with Crippen molar-refractivity contribution >= 4 is 10.8 Å². The third kappa shape index (κ3) is 2.99. The molecule has 0 aliphatic carbocycles. The van der Waals surface area contributed by atoms with Gasteiger partial charge in [0.25, 0.3) is 0 Å². The fourth-order valence-electron chi connectivity index (χ4n) is 3.22. The zero-order valence-corrected chi connectivity index (χ0v) is 14.7. The zero-order chi connectivity index (χ0) is 18.3. The highest BCUT2D eigenvalue weighted by atomic mass is 19.1. The van der Waals surface area contributed by atoms with E-state index in [1.807, 2.05) is 61.5 Å². The normalized spacial score (nSPS) is 11.1. The van der Waals surface area contributed by atoms with Gasteiger partial charge in [-0.2, -0.15) is 0 Å². The molecular formula is C24H18F2. The predicted molar refractivity (Wildman–Crippen MR) is 104 cm³/mol. The third-order valence-electron chi connectivity index (χ3n) is 4.78. The fraction of sp³-hybridized carbons (Fsp3) is 0.0833. The van der Waals surface area contributed by atoms with Gasteiger partial charge in [0.15, 0.2) is 0 Å². The van der Waals surface area contributed by atoms with Crippen LogP contribution in [0.3, 0.4) is 0 Å². The van der Waals surface area contributed by atoms with Gasteiger partial charge >= 0.3 is 0 Å². The van der Waals surface area contributed by atoms with Crippen LogP contribution in [0.4, 0.5) is 8.78 Å². The molecule has 0 amide bonds. The molecule has 0 atom stereocenters. The molecule has 128 valence electrons. The van der Waals surface area contributed by atoms with Crippen LogP contribution in [-0.4, -0.2) is 0 Å². The first-order valence-electron chi connectivity index (χ1n) is 8.58. The van der Waals surface area contributed by atoms with Crippen molar-refractivity contribution in [3.8, 4) is 22.3 Å². The number of hydrogen-bond acceptors (Lipinski definition) is 0. The SMILES string of the molecule is Cc1ccc(-c2ccc3cc(-c4ccc(C)c(F)c4)ccc3c2)c(F)c1. The summed E-state index contributed by atoms with van der Waals surface area (Å²) >= 11 is 0. The lowest BCUT2D eigenvalue weighted by molar-refractivity contribution is 0.619. The van der Waals surface area contributed by atoms with E-state index in [9.17, 15) is 8.78 Å². The largest absolute Gasteiger partial charge is 0.207 e. The first kappa shape index (κ1) is 16.5. The maximum absolute atomic E-state index is 14.3. The molecule has 0 unspecified atom stereocenters. The summed E-state index contributed by atoms with van der Waals surface area (Å²) in [5.74, 6) is -0.413. The standard InChI is InChI=1S/C24H18F2/c1-15-3-10-22(24(26)11-15)21-9-8-17-12-18(6-7-19(17)13-21)20-5-4-16(2)23(25)14-20/h3-14H,1-2H3. The van der Waals surface area contributed by atoms with E-state index in [0.29, 0.717) is 11.1 Å². The van der Waals surface area contributed by atoms with E-state index in [-0.39, 0.29) is 11.6 Å². The predicted octanol–water partition coefficient (Wildman–Crippen LogP) is 7.07. The van der Waals surface area contributed by atoms with Crippen LogP contribution in [0.1, 0.15) is 11.1 Å². The van der Waals surface area contributed by atoms with Gasteiger partial charge in [0.2, 0.25) is 0 Å². The van der Waals surface area contributed by atoms with Gasteiger partial charge < -0.3 is 0 Å². The van der Waals surface area contributed by atoms with E-state index in [1.54, 1.807) is 25.1 Å². The number of fused-ring (bicyclic) bond motifs is 1. The van der Waals surface area contributed by atoms with E-state index >= 15 is 0 Å². The molecular weight excluding hydrogens is 326 g/mol. The summed E-state index contributed by atoms with van der Waals surface area (Å²) in [5, 5.41) is 2.07. The summed E-state index contributed by atoms with van der Waals surface area (Å²) in [7, 11) is 0. The van der Waals surface area contributed by atoms with Crippen LogP contribution in [0.25, 0.3) is 33.0 Å². The molecule has 0 radical (unpaired) electrons. The molecule has 26 heavy (non-hydrogen) atoms. The minimum absolute atomic E-state index is 0.201. The van der Waals surface area contributed by atoms with Gasteiger partial charge in [-0.05, 0) is 76.7 Å². The molecule has 0 spiro atoms. The van der Waals surface area contributed by atoms with Crippen molar-refractivity contribution in [3.05, 3.63) is 95.6 Å². The Balaban J connectivity index is 1.77. The molecule has 4 aromatic carbocycles. The summed E-state index contributed by atoms with van der Waals surface area (Å²) in [6, 6.07) is 22.5. The van der Waals surface area contributed by atoms with E-state index in [1.165, 1.54) is 0 Å². The molecule has 0 fully saturated rings. The van der Waals surface area contributed by atoms with Gasteiger partial charge in [0.05, 0.1) is 0 Å². The van der Waals surface area contributed by atoms with Crippen molar-refractivity contribution in [2.24, 2.45) is 0 Å². The van der Waals surface area contributed by atoms with Crippen molar-refractivity contribution in [2.75, 3.05) is 0 Å². The number of benzene rings is 4. The lowest BCUT2D eigenvalue weighted by Crippen LogP contribution is -1.87. The lowest BCUT2D eigenvalue weighted by Gasteiger charge is -2.09. The van der Waals surface area contributed by atoms with Gasteiger partial charge in [0, 0.05) is 5.56 Å². The molecule has 0 aliphatic rings. The Morgan fingerprint density at radius 2 is 1.15 bits per heavy atom. The molecule has 0 aliphatic heterocycles. The molecule has 0 N–H and O–H groups in total. The van der Waals surface area contributed by atoms with Crippen LogP contribution in [0.15, 0.2) is 72.8 Å². The van der Waals surface area contributed by atoms with Crippen LogP contribution in [0, 0.1) is 25.5 Å². The Bertz CT molecular complexity index is 1130. The second kappa shape index (κ2) is 6.38. The molecule has 0 saturated heterocycles. The molecule has 2 heteroatoms. The smallest absolute Gasteiger partial charge is 0.131 e. The molecule has 4 aromatic rings. The van der Waals surface area contributed by atoms with Crippen LogP contribution in [-0.2, 0) is 0 Å². The summed E-state index contributed by atoms with van der Waals surface area (Å²) in [5.41, 5.74) is 4.81. The van der Waals surface area contributed by atoms with Crippen LogP contribution in [0.2, 0.25) is 0 Å². The van der Waals surface area contributed by atoms with Crippen LogP contribution >= 0.6 is 0 Å². The van der Waals surface area contributed by atoms with E-state index in [0.717, 1.165) is 33.0 Å². The van der Waals surface area contributed by atoms with Crippen LogP contribution in [0.5, 0.6) is 0 Å². The molecule has 4 rings (SSSR count). The third-order valence-corrected chi connectivity index (χ3v) is 4.78. The van der Waals surface area contributed by atoms with E-state index < -0.39 is 0 Å². The Morgan fingerprint density at radius 3 is 1.85 bits per heavy atom. The summed E-state index contributed by atoms with van der Waals surface area (Å²) in [6.45, 7) is 3.63. The zero-order valence-electron chi connectivity index (χ0n) is 14.7. The molecule has 0 aromatic heterocycles. The highest BCUT2D eigenvalue weighted by Gasteiger charge is 2.08. The van der Waals surface area contributed by atoms with Crippen molar-refractivity contribution in [1.82, 2.24) is 0 Å². The number of aryl methyl sites for hydroxylation is 2. The van der Waals surface area contributed by atoms with Crippen molar-refractivity contribution in [1.29, 1.82) is 0 Å². The van der Waals surface area contributed by atoms with Gasteiger partial charge in [0.1, 0.15) is 11.6 Å². The Kier molecular flexibility index (Phi) is 4.04. The fourth-order valence-corrected chi connectivity index (χ4v) is 3.22. The Labute approximate surface area is 151 Å². The quantitative estimate of drug-likeness (QED) is 0.365. The second-order valence-electron chi connectivity index (χ2n) is 6.72. The van der Waals surface area contributed by atoms with Crippen molar-refractivity contribution in [3.63, 3.8) is 0 Å². The minimum Gasteiger partial charge on any atom is -0.207 e. The van der Waals surface area contributed by atoms with E-state index in [4.69, 9.17) is 0 Å². The topological polar surface area (TPSA) is 0 Å². The number of hydrogen-bond donors (Lipinski definition) is 0. The van der Waals surface area contributed by atoms with Gasteiger partial charge in [-0.25, -0.2) is 8.78 Å². The Hall–Kier alpha value is -3.00. The number of rotatable bonds is 2. The first-order valence-corrected chi connectivity index (χ1v) is 8.58. The van der Waals surface area contributed by atoms with Crippen LogP contribution < -0.4 is 0 Å². The molecule has 0 saturated carbocycles. The monoisotopic (exact) mass is 344 g/mol. The van der Waals surface area contributed by atoms with Gasteiger partial charge in [-0.1, -0.05) is 48.5 Å². The second-order valence-corrected chi connectivity index (χ2v) is 6.72. The maximum atomic E-state index is 14.3. The average Bonchev–Trinajstić information content (AvgIpc) is 2.63. The molecule has 0 heterocycles. The summed E-state index contributed by atoms with van der Waals surface area (Å²) in [4.78, 5) is 0. The lowest BCUT2D eigenvalue weighted by atomic mass is 9.97.